The predicted octanol–water partition coefficient (Wildman–Crippen LogP) is 1.20. The molecular formula is C16H19N3O4S. The average molecular weight is 349 g/mol. The van der Waals surface area contributed by atoms with E-state index in [4.69, 9.17) is 0 Å². The number of sulfonamides is 1. The summed E-state index contributed by atoms with van der Waals surface area (Å²) in [6.07, 6.45) is 1.73. The summed E-state index contributed by atoms with van der Waals surface area (Å²) in [4.78, 5) is 26.2. The molecule has 2 rings (SSSR count). The number of hydrogen-bond acceptors (Lipinski definition) is 4. The minimum atomic E-state index is -3.85. The van der Waals surface area contributed by atoms with Crippen LogP contribution in [0, 0.1) is 0 Å². The largest absolute Gasteiger partial charge is 0.364 e. The first-order chi connectivity index (χ1) is 11.3. The van der Waals surface area contributed by atoms with Crippen molar-refractivity contribution in [2.24, 2.45) is 0 Å². The van der Waals surface area contributed by atoms with Crippen molar-refractivity contribution in [3.8, 4) is 0 Å². The van der Waals surface area contributed by atoms with Gasteiger partial charge in [0.25, 0.3) is 0 Å². The SMILES string of the molecule is CC(=O)c1ccc(S(=O)(=O)NC(C)C(=O)NCc2ccc[nH]2)cc1. The monoisotopic (exact) mass is 349 g/mol. The van der Waals surface area contributed by atoms with Crippen molar-refractivity contribution < 1.29 is 18.0 Å². The van der Waals surface area contributed by atoms with Crippen LogP contribution >= 0.6 is 0 Å². The van der Waals surface area contributed by atoms with Crippen LogP contribution in [0.25, 0.3) is 0 Å². The molecule has 0 radical (unpaired) electrons. The number of benzene rings is 1. The second-order valence-corrected chi connectivity index (χ2v) is 7.05. The van der Waals surface area contributed by atoms with Gasteiger partial charge in [-0.15, -0.1) is 0 Å². The van der Waals surface area contributed by atoms with Gasteiger partial charge in [-0.05, 0) is 38.1 Å². The van der Waals surface area contributed by atoms with Crippen LogP contribution in [-0.4, -0.2) is 31.1 Å². The summed E-state index contributed by atoms with van der Waals surface area (Å²) in [5.74, 6) is -0.586. The summed E-state index contributed by atoms with van der Waals surface area (Å²) in [6.45, 7) is 3.15. The number of nitrogens with one attached hydrogen (secondary N) is 3. The molecule has 24 heavy (non-hydrogen) atoms. The molecule has 0 saturated carbocycles. The first-order valence-electron chi connectivity index (χ1n) is 7.33. The minimum Gasteiger partial charge on any atom is -0.364 e. The molecule has 1 heterocycles. The first kappa shape index (κ1) is 17.9. The maximum atomic E-state index is 12.3. The second-order valence-electron chi connectivity index (χ2n) is 5.34. The molecule has 128 valence electrons. The van der Waals surface area contributed by atoms with Crippen LogP contribution in [0.3, 0.4) is 0 Å². The third-order valence-corrected chi connectivity index (χ3v) is 4.97. The molecule has 1 aromatic heterocycles. The Hall–Kier alpha value is -2.45. The van der Waals surface area contributed by atoms with E-state index >= 15 is 0 Å². The number of ketones is 1. The lowest BCUT2D eigenvalue weighted by Crippen LogP contribution is -2.44. The van der Waals surface area contributed by atoms with Gasteiger partial charge < -0.3 is 10.3 Å². The molecule has 3 N–H and O–H groups in total. The molecule has 7 nitrogen and oxygen atoms in total. The fourth-order valence-electron chi connectivity index (χ4n) is 2.04. The van der Waals surface area contributed by atoms with Crippen LogP contribution in [0.15, 0.2) is 47.5 Å². The Labute approximate surface area is 140 Å². The Morgan fingerprint density at radius 1 is 1.17 bits per heavy atom. The van der Waals surface area contributed by atoms with Gasteiger partial charge in [-0.1, -0.05) is 12.1 Å². The van der Waals surface area contributed by atoms with Crippen molar-refractivity contribution in [2.75, 3.05) is 0 Å². The van der Waals surface area contributed by atoms with Crippen LogP contribution in [0.4, 0.5) is 0 Å². The normalized spacial score (nSPS) is 12.6. The summed E-state index contributed by atoms with van der Waals surface area (Å²) in [6, 6.07) is 8.23. The zero-order chi connectivity index (χ0) is 17.7. The molecule has 1 unspecified atom stereocenters. The fraction of sp³-hybridized carbons (Fsp3) is 0.250. The smallest absolute Gasteiger partial charge is 0.241 e. The zero-order valence-corrected chi connectivity index (χ0v) is 14.2. The van der Waals surface area contributed by atoms with Crippen LogP contribution in [0.2, 0.25) is 0 Å². The Kier molecular flexibility index (Phi) is 5.53. The molecular weight excluding hydrogens is 330 g/mol. The number of aromatic amines is 1. The van der Waals surface area contributed by atoms with E-state index in [1.54, 1.807) is 12.3 Å². The number of Topliss-reactive ketones (excluding diaryl/α,β-unsaturated/α-hetero) is 1. The molecule has 2 aromatic rings. The number of H-pyrrole nitrogens is 1. The van der Waals surface area contributed by atoms with Gasteiger partial charge in [0.05, 0.1) is 17.5 Å². The number of amides is 1. The molecule has 1 amide bonds. The standard InChI is InChI=1S/C16H19N3O4S/c1-11(16(21)18-10-14-4-3-9-17-14)19-24(22,23)15-7-5-13(6-8-15)12(2)20/h3-9,11,17,19H,10H2,1-2H3,(H,18,21). The molecule has 0 spiro atoms. The molecule has 0 fully saturated rings. The topological polar surface area (TPSA) is 108 Å². The van der Waals surface area contributed by atoms with E-state index < -0.39 is 22.0 Å². The molecule has 1 atom stereocenters. The van der Waals surface area contributed by atoms with Crippen LogP contribution in [0.1, 0.15) is 29.9 Å². The fourth-order valence-corrected chi connectivity index (χ4v) is 3.24. The van der Waals surface area contributed by atoms with E-state index in [-0.39, 0.29) is 17.2 Å². The summed E-state index contributed by atoms with van der Waals surface area (Å²) in [7, 11) is -3.85. The van der Waals surface area contributed by atoms with Crippen molar-refractivity contribution in [3.05, 3.63) is 53.9 Å². The van der Waals surface area contributed by atoms with E-state index in [1.165, 1.54) is 38.1 Å². The number of rotatable bonds is 7. The minimum absolute atomic E-state index is 0.00322. The molecule has 0 saturated heterocycles. The number of carbonyl (C=O) groups excluding carboxylic acids is 2. The molecule has 0 aliphatic heterocycles. The Balaban J connectivity index is 1.99. The second kappa shape index (κ2) is 7.41. The Bertz CT molecular complexity index is 812. The van der Waals surface area contributed by atoms with Gasteiger partial charge in [-0.3, -0.25) is 9.59 Å². The summed E-state index contributed by atoms with van der Waals surface area (Å²) >= 11 is 0. The van der Waals surface area contributed by atoms with Gasteiger partial charge in [0, 0.05) is 17.5 Å². The summed E-state index contributed by atoms with van der Waals surface area (Å²) < 4.78 is 26.9. The van der Waals surface area contributed by atoms with Crippen LogP contribution in [-0.2, 0) is 21.4 Å². The van der Waals surface area contributed by atoms with Gasteiger partial charge in [-0.25, -0.2) is 8.42 Å². The Morgan fingerprint density at radius 3 is 2.38 bits per heavy atom. The lowest BCUT2D eigenvalue weighted by Gasteiger charge is -2.14. The van der Waals surface area contributed by atoms with Gasteiger partial charge in [0.2, 0.25) is 15.9 Å². The van der Waals surface area contributed by atoms with Crippen LogP contribution in [0.5, 0.6) is 0 Å². The van der Waals surface area contributed by atoms with Gasteiger partial charge >= 0.3 is 0 Å². The molecule has 0 bridgehead atoms. The van der Waals surface area contributed by atoms with Crippen molar-refractivity contribution in [1.82, 2.24) is 15.0 Å². The molecule has 1 aromatic carbocycles. The van der Waals surface area contributed by atoms with Gasteiger partial charge in [-0.2, -0.15) is 4.72 Å². The van der Waals surface area contributed by atoms with Crippen LogP contribution < -0.4 is 10.0 Å². The quantitative estimate of drug-likeness (QED) is 0.653. The maximum Gasteiger partial charge on any atom is 0.241 e. The van der Waals surface area contributed by atoms with E-state index in [9.17, 15) is 18.0 Å². The number of aromatic nitrogens is 1. The summed E-state index contributed by atoms with van der Waals surface area (Å²) in [5.41, 5.74) is 1.24. The third-order valence-electron chi connectivity index (χ3n) is 3.41. The zero-order valence-electron chi connectivity index (χ0n) is 13.4. The van der Waals surface area contributed by atoms with E-state index in [2.05, 4.69) is 15.0 Å². The van der Waals surface area contributed by atoms with Crippen molar-refractivity contribution in [2.45, 2.75) is 31.3 Å². The van der Waals surface area contributed by atoms with E-state index in [1.807, 2.05) is 6.07 Å². The average Bonchev–Trinajstić information content (AvgIpc) is 3.05. The maximum absolute atomic E-state index is 12.3. The molecule has 8 heteroatoms. The predicted molar refractivity (Wildman–Crippen MR) is 88.9 cm³/mol. The van der Waals surface area contributed by atoms with Crippen molar-refractivity contribution in [1.29, 1.82) is 0 Å². The van der Waals surface area contributed by atoms with E-state index in [0.717, 1.165) is 5.69 Å². The highest BCUT2D eigenvalue weighted by molar-refractivity contribution is 7.89. The number of carbonyl (C=O) groups is 2. The highest BCUT2D eigenvalue weighted by Gasteiger charge is 2.22. The van der Waals surface area contributed by atoms with E-state index in [0.29, 0.717) is 5.56 Å². The first-order valence-corrected chi connectivity index (χ1v) is 8.81. The van der Waals surface area contributed by atoms with Crippen molar-refractivity contribution >= 4 is 21.7 Å². The highest BCUT2D eigenvalue weighted by Crippen LogP contribution is 2.11. The molecule has 0 aliphatic rings. The lowest BCUT2D eigenvalue weighted by molar-refractivity contribution is -0.122. The highest BCUT2D eigenvalue weighted by atomic mass is 32.2. The number of hydrogen-bond donors (Lipinski definition) is 3. The molecule has 0 aliphatic carbocycles. The van der Waals surface area contributed by atoms with Gasteiger partial charge in [0.15, 0.2) is 5.78 Å². The Morgan fingerprint density at radius 2 is 1.83 bits per heavy atom. The summed E-state index contributed by atoms with van der Waals surface area (Å²) in [5, 5.41) is 2.64. The van der Waals surface area contributed by atoms with Gasteiger partial charge in [0.1, 0.15) is 0 Å². The van der Waals surface area contributed by atoms with Crippen molar-refractivity contribution in [3.63, 3.8) is 0 Å². The third kappa shape index (κ3) is 4.53. The lowest BCUT2D eigenvalue weighted by atomic mass is 10.2.